The largest absolute Gasteiger partial charge is 0.281 e. The molecule has 2 nitrogen and oxygen atoms in total. The standard InChI is InChI=1S/C8H14N2S/c1-5(2)7-8(11-4)6(3)9-10-7/h5H,1-4H3,(H,9,10). The van der Waals surface area contributed by atoms with Crippen molar-refractivity contribution < 1.29 is 0 Å². The molecule has 0 saturated heterocycles. The van der Waals surface area contributed by atoms with Crippen LogP contribution in [0.3, 0.4) is 0 Å². The predicted octanol–water partition coefficient (Wildman–Crippen LogP) is 2.56. The monoisotopic (exact) mass is 170 g/mol. The maximum absolute atomic E-state index is 4.24. The van der Waals surface area contributed by atoms with Gasteiger partial charge in [0.2, 0.25) is 0 Å². The van der Waals surface area contributed by atoms with Gasteiger partial charge in [0, 0.05) is 5.69 Å². The highest BCUT2D eigenvalue weighted by Crippen LogP contribution is 2.27. The molecule has 0 fully saturated rings. The zero-order chi connectivity index (χ0) is 8.43. The van der Waals surface area contributed by atoms with Gasteiger partial charge in [0.05, 0.1) is 10.6 Å². The first-order valence-corrected chi connectivity index (χ1v) is 4.98. The molecule has 62 valence electrons. The van der Waals surface area contributed by atoms with E-state index in [1.165, 1.54) is 16.3 Å². The van der Waals surface area contributed by atoms with Gasteiger partial charge in [0.15, 0.2) is 0 Å². The topological polar surface area (TPSA) is 28.7 Å². The SMILES string of the molecule is CSc1c(C(C)C)n[nH]c1C. The minimum atomic E-state index is 0.516. The van der Waals surface area contributed by atoms with Crippen LogP contribution < -0.4 is 0 Å². The van der Waals surface area contributed by atoms with Crippen LogP contribution in [-0.4, -0.2) is 16.5 Å². The summed E-state index contributed by atoms with van der Waals surface area (Å²) in [6.45, 7) is 6.38. The molecule has 0 aliphatic rings. The molecule has 0 unspecified atom stereocenters. The molecule has 1 aromatic rings. The Labute approximate surface area is 71.8 Å². The molecule has 1 N–H and O–H groups in total. The molecule has 0 aromatic carbocycles. The van der Waals surface area contributed by atoms with Crippen molar-refractivity contribution in [3.8, 4) is 0 Å². The first kappa shape index (κ1) is 8.65. The smallest absolute Gasteiger partial charge is 0.0785 e. The lowest BCUT2D eigenvalue weighted by Gasteiger charge is -2.01. The molecule has 0 saturated carbocycles. The second-order valence-corrected chi connectivity index (χ2v) is 3.74. The maximum Gasteiger partial charge on any atom is 0.0785 e. The van der Waals surface area contributed by atoms with Crippen LogP contribution in [0.25, 0.3) is 0 Å². The van der Waals surface area contributed by atoms with Crippen LogP contribution in [0.2, 0.25) is 0 Å². The number of rotatable bonds is 2. The van der Waals surface area contributed by atoms with E-state index in [1.807, 2.05) is 0 Å². The third-order valence-corrected chi connectivity index (χ3v) is 2.59. The molecule has 0 bridgehead atoms. The van der Waals surface area contributed by atoms with Crippen LogP contribution in [0.1, 0.15) is 31.2 Å². The van der Waals surface area contributed by atoms with Crippen molar-refractivity contribution in [3.63, 3.8) is 0 Å². The van der Waals surface area contributed by atoms with Crippen LogP contribution in [0.5, 0.6) is 0 Å². The fraction of sp³-hybridized carbons (Fsp3) is 0.625. The Morgan fingerprint density at radius 2 is 2.09 bits per heavy atom. The molecular formula is C8H14N2S. The highest BCUT2D eigenvalue weighted by molar-refractivity contribution is 7.98. The normalized spacial score (nSPS) is 11.0. The van der Waals surface area contributed by atoms with Crippen LogP contribution >= 0.6 is 11.8 Å². The number of aromatic nitrogens is 2. The third kappa shape index (κ3) is 1.59. The number of hydrogen-bond acceptors (Lipinski definition) is 2. The van der Waals surface area contributed by atoms with Crippen molar-refractivity contribution in [2.75, 3.05) is 6.26 Å². The third-order valence-electron chi connectivity index (χ3n) is 1.67. The van der Waals surface area contributed by atoms with Gasteiger partial charge in [0.1, 0.15) is 0 Å². The Kier molecular flexibility index (Phi) is 2.60. The van der Waals surface area contributed by atoms with Gasteiger partial charge < -0.3 is 0 Å². The van der Waals surface area contributed by atoms with Crippen LogP contribution in [0.15, 0.2) is 4.90 Å². The summed E-state index contributed by atoms with van der Waals surface area (Å²) >= 11 is 1.76. The lowest BCUT2D eigenvalue weighted by Crippen LogP contribution is -1.89. The average Bonchev–Trinajstić information content (AvgIpc) is 2.30. The molecule has 1 rings (SSSR count). The van der Waals surface area contributed by atoms with Crippen molar-refractivity contribution in [2.24, 2.45) is 0 Å². The first-order valence-electron chi connectivity index (χ1n) is 3.75. The van der Waals surface area contributed by atoms with E-state index in [9.17, 15) is 0 Å². The quantitative estimate of drug-likeness (QED) is 0.691. The average molecular weight is 170 g/mol. The van der Waals surface area contributed by atoms with Crippen molar-refractivity contribution >= 4 is 11.8 Å². The molecule has 11 heavy (non-hydrogen) atoms. The van der Waals surface area contributed by atoms with E-state index < -0.39 is 0 Å². The Morgan fingerprint density at radius 1 is 1.45 bits per heavy atom. The molecule has 0 aliphatic carbocycles. The molecule has 0 atom stereocenters. The van der Waals surface area contributed by atoms with Crippen LogP contribution in [0, 0.1) is 6.92 Å². The minimum Gasteiger partial charge on any atom is -0.281 e. The molecule has 3 heteroatoms. The maximum atomic E-state index is 4.24. The molecule has 0 aliphatic heterocycles. The summed E-state index contributed by atoms with van der Waals surface area (Å²) < 4.78 is 0. The fourth-order valence-electron chi connectivity index (χ4n) is 1.09. The van der Waals surface area contributed by atoms with E-state index in [0.29, 0.717) is 5.92 Å². The van der Waals surface area contributed by atoms with E-state index in [0.717, 1.165) is 0 Å². The summed E-state index contributed by atoms with van der Waals surface area (Å²) in [7, 11) is 0. The summed E-state index contributed by atoms with van der Waals surface area (Å²) in [5, 5.41) is 7.24. The molecule has 1 aromatic heterocycles. The summed E-state index contributed by atoms with van der Waals surface area (Å²) in [6, 6.07) is 0. The lowest BCUT2D eigenvalue weighted by molar-refractivity contribution is 0.794. The van der Waals surface area contributed by atoms with Gasteiger partial charge in [-0.3, -0.25) is 5.10 Å². The highest BCUT2D eigenvalue weighted by atomic mass is 32.2. The molecule has 1 heterocycles. The Morgan fingerprint density at radius 3 is 2.45 bits per heavy atom. The number of hydrogen-bond donors (Lipinski definition) is 1. The van der Waals surface area contributed by atoms with E-state index in [2.05, 4.69) is 37.2 Å². The van der Waals surface area contributed by atoms with Crippen molar-refractivity contribution in [1.29, 1.82) is 0 Å². The molecular weight excluding hydrogens is 156 g/mol. The summed E-state index contributed by atoms with van der Waals surface area (Å²) in [5.74, 6) is 0.516. The molecule has 0 radical (unpaired) electrons. The molecule has 0 amide bonds. The second kappa shape index (κ2) is 3.30. The van der Waals surface area contributed by atoms with Crippen molar-refractivity contribution in [3.05, 3.63) is 11.4 Å². The van der Waals surface area contributed by atoms with Gasteiger partial charge in [-0.15, -0.1) is 11.8 Å². The van der Waals surface area contributed by atoms with Crippen molar-refractivity contribution in [1.82, 2.24) is 10.2 Å². The van der Waals surface area contributed by atoms with E-state index in [1.54, 1.807) is 11.8 Å². The second-order valence-electron chi connectivity index (χ2n) is 2.92. The summed E-state index contributed by atoms with van der Waals surface area (Å²) in [5.41, 5.74) is 2.37. The number of aryl methyl sites for hydroxylation is 1. The van der Waals surface area contributed by atoms with Gasteiger partial charge >= 0.3 is 0 Å². The zero-order valence-corrected chi connectivity index (χ0v) is 8.25. The van der Waals surface area contributed by atoms with Gasteiger partial charge in [-0.1, -0.05) is 13.8 Å². The predicted molar refractivity (Wildman–Crippen MR) is 49.2 cm³/mol. The zero-order valence-electron chi connectivity index (χ0n) is 7.43. The van der Waals surface area contributed by atoms with E-state index in [-0.39, 0.29) is 0 Å². The number of nitrogens with zero attached hydrogens (tertiary/aromatic N) is 1. The summed E-state index contributed by atoms with van der Waals surface area (Å²) in [4.78, 5) is 1.31. The van der Waals surface area contributed by atoms with Gasteiger partial charge in [-0.25, -0.2) is 0 Å². The van der Waals surface area contributed by atoms with Crippen molar-refractivity contribution in [2.45, 2.75) is 31.6 Å². The Bertz CT molecular complexity index is 240. The minimum absolute atomic E-state index is 0.516. The highest BCUT2D eigenvalue weighted by Gasteiger charge is 2.11. The Balaban J connectivity index is 3.05. The van der Waals surface area contributed by atoms with E-state index >= 15 is 0 Å². The lowest BCUT2D eigenvalue weighted by atomic mass is 10.1. The number of nitrogens with one attached hydrogen (secondary N) is 1. The fourth-order valence-corrected chi connectivity index (χ4v) is 1.93. The van der Waals surface area contributed by atoms with Crippen LogP contribution in [-0.2, 0) is 0 Å². The Hall–Kier alpha value is -0.440. The van der Waals surface area contributed by atoms with E-state index in [4.69, 9.17) is 0 Å². The number of thioether (sulfide) groups is 1. The van der Waals surface area contributed by atoms with Gasteiger partial charge in [0.25, 0.3) is 0 Å². The summed E-state index contributed by atoms with van der Waals surface area (Å²) in [6.07, 6.45) is 2.09. The van der Waals surface area contributed by atoms with Crippen LogP contribution in [0.4, 0.5) is 0 Å². The first-order chi connectivity index (χ1) is 5.16. The molecule has 0 spiro atoms. The number of H-pyrrole nitrogens is 1. The van der Waals surface area contributed by atoms with Gasteiger partial charge in [-0.2, -0.15) is 5.10 Å². The van der Waals surface area contributed by atoms with Gasteiger partial charge in [-0.05, 0) is 19.1 Å². The number of aromatic amines is 1.